The van der Waals surface area contributed by atoms with Crippen molar-refractivity contribution in [2.24, 2.45) is 0 Å². The van der Waals surface area contributed by atoms with Gasteiger partial charge in [-0.1, -0.05) is 24.3 Å². The van der Waals surface area contributed by atoms with Gasteiger partial charge >= 0.3 is 0 Å². The van der Waals surface area contributed by atoms with Gasteiger partial charge in [0, 0.05) is 12.7 Å². The highest BCUT2D eigenvalue weighted by Crippen LogP contribution is 2.25. The zero-order valence-electron chi connectivity index (χ0n) is 11.4. The first-order chi connectivity index (χ1) is 9.13. The minimum absolute atomic E-state index is 0.0894. The number of benzene rings is 2. The number of hydrogen-bond acceptors (Lipinski definition) is 2. The summed E-state index contributed by atoms with van der Waals surface area (Å²) in [4.78, 5) is 11.8. The SMILES string of the molecule is CNC(=O)c1ccccc1Nc1cccc(C)c1C. The second kappa shape index (κ2) is 5.57. The summed E-state index contributed by atoms with van der Waals surface area (Å²) >= 11 is 0. The van der Waals surface area contributed by atoms with Gasteiger partial charge in [0.15, 0.2) is 0 Å². The Morgan fingerprint density at radius 1 is 0.947 bits per heavy atom. The summed E-state index contributed by atoms with van der Waals surface area (Å²) in [5, 5.41) is 5.99. The van der Waals surface area contributed by atoms with Gasteiger partial charge in [0.1, 0.15) is 0 Å². The number of aryl methyl sites for hydroxylation is 1. The van der Waals surface area contributed by atoms with E-state index in [-0.39, 0.29) is 5.91 Å². The highest BCUT2D eigenvalue weighted by atomic mass is 16.1. The van der Waals surface area contributed by atoms with Crippen LogP contribution < -0.4 is 10.6 Å². The third-order valence-electron chi connectivity index (χ3n) is 3.27. The van der Waals surface area contributed by atoms with E-state index in [0.717, 1.165) is 11.4 Å². The van der Waals surface area contributed by atoms with E-state index in [0.29, 0.717) is 5.56 Å². The van der Waals surface area contributed by atoms with Crippen molar-refractivity contribution in [1.82, 2.24) is 5.32 Å². The van der Waals surface area contributed by atoms with E-state index < -0.39 is 0 Å². The van der Waals surface area contributed by atoms with Crippen LogP contribution in [0.15, 0.2) is 42.5 Å². The standard InChI is InChI=1S/C16H18N2O/c1-11-7-6-10-14(12(11)2)18-15-9-5-4-8-13(15)16(19)17-3/h4-10,18H,1-3H3,(H,17,19). The van der Waals surface area contributed by atoms with Crippen LogP contribution in [-0.4, -0.2) is 13.0 Å². The summed E-state index contributed by atoms with van der Waals surface area (Å²) in [5.74, 6) is -0.0894. The van der Waals surface area contributed by atoms with Crippen molar-refractivity contribution in [3.8, 4) is 0 Å². The van der Waals surface area contributed by atoms with Gasteiger partial charge in [-0.25, -0.2) is 0 Å². The van der Waals surface area contributed by atoms with Gasteiger partial charge in [0.25, 0.3) is 5.91 Å². The van der Waals surface area contributed by atoms with Crippen molar-refractivity contribution in [2.45, 2.75) is 13.8 Å². The Kier molecular flexibility index (Phi) is 3.85. The molecule has 3 heteroatoms. The minimum atomic E-state index is -0.0894. The van der Waals surface area contributed by atoms with E-state index >= 15 is 0 Å². The quantitative estimate of drug-likeness (QED) is 0.881. The molecule has 98 valence electrons. The summed E-state index contributed by atoms with van der Waals surface area (Å²) in [6.45, 7) is 4.14. The Morgan fingerprint density at radius 2 is 1.63 bits per heavy atom. The Morgan fingerprint density at radius 3 is 2.37 bits per heavy atom. The molecule has 0 unspecified atom stereocenters. The molecule has 3 nitrogen and oxygen atoms in total. The lowest BCUT2D eigenvalue weighted by Crippen LogP contribution is -2.19. The Hall–Kier alpha value is -2.29. The molecule has 0 fully saturated rings. The number of amides is 1. The van der Waals surface area contributed by atoms with Gasteiger partial charge in [-0.05, 0) is 43.2 Å². The molecule has 2 aromatic rings. The van der Waals surface area contributed by atoms with Crippen molar-refractivity contribution >= 4 is 17.3 Å². The molecule has 0 saturated heterocycles. The summed E-state index contributed by atoms with van der Waals surface area (Å²) in [6, 6.07) is 13.6. The molecule has 0 heterocycles. The van der Waals surface area contributed by atoms with Gasteiger partial charge in [-0.15, -0.1) is 0 Å². The van der Waals surface area contributed by atoms with Gasteiger partial charge < -0.3 is 10.6 Å². The Balaban J connectivity index is 2.39. The van der Waals surface area contributed by atoms with Crippen LogP contribution in [0.3, 0.4) is 0 Å². The molecule has 0 aromatic heterocycles. The van der Waals surface area contributed by atoms with E-state index in [4.69, 9.17) is 0 Å². The number of para-hydroxylation sites is 1. The zero-order chi connectivity index (χ0) is 13.8. The third kappa shape index (κ3) is 2.76. The number of carbonyl (C=O) groups excluding carboxylic acids is 1. The van der Waals surface area contributed by atoms with E-state index in [2.05, 4.69) is 30.5 Å². The molecule has 0 saturated carbocycles. The summed E-state index contributed by atoms with van der Waals surface area (Å²) in [7, 11) is 1.64. The van der Waals surface area contributed by atoms with Crippen LogP contribution in [0.2, 0.25) is 0 Å². The van der Waals surface area contributed by atoms with Crippen LogP contribution in [0.25, 0.3) is 0 Å². The highest BCUT2D eigenvalue weighted by Gasteiger charge is 2.10. The number of carbonyl (C=O) groups is 1. The number of anilines is 2. The second-order valence-electron chi connectivity index (χ2n) is 4.50. The lowest BCUT2D eigenvalue weighted by Gasteiger charge is -2.14. The first kappa shape index (κ1) is 13.1. The molecule has 1 amide bonds. The molecule has 0 bridgehead atoms. The van der Waals surface area contributed by atoms with Gasteiger partial charge in [-0.2, -0.15) is 0 Å². The maximum atomic E-state index is 11.8. The summed E-state index contributed by atoms with van der Waals surface area (Å²) in [6.07, 6.45) is 0. The lowest BCUT2D eigenvalue weighted by atomic mass is 10.1. The predicted octanol–water partition coefficient (Wildman–Crippen LogP) is 3.41. The van der Waals surface area contributed by atoms with Gasteiger partial charge in [-0.3, -0.25) is 4.79 Å². The average molecular weight is 254 g/mol. The lowest BCUT2D eigenvalue weighted by molar-refractivity contribution is 0.0964. The van der Waals surface area contributed by atoms with Crippen LogP contribution in [-0.2, 0) is 0 Å². The molecular weight excluding hydrogens is 236 g/mol. The largest absolute Gasteiger partial charge is 0.355 e. The van der Waals surface area contributed by atoms with Gasteiger partial charge in [0.05, 0.1) is 11.3 Å². The highest BCUT2D eigenvalue weighted by molar-refractivity contribution is 6.00. The van der Waals surface area contributed by atoms with Crippen molar-refractivity contribution in [1.29, 1.82) is 0 Å². The van der Waals surface area contributed by atoms with Crippen LogP contribution in [0, 0.1) is 13.8 Å². The topological polar surface area (TPSA) is 41.1 Å². The van der Waals surface area contributed by atoms with E-state index in [1.807, 2.05) is 36.4 Å². The molecule has 2 rings (SSSR count). The maximum absolute atomic E-state index is 11.8. The van der Waals surface area contributed by atoms with Crippen molar-refractivity contribution < 1.29 is 4.79 Å². The summed E-state index contributed by atoms with van der Waals surface area (Å²) in [5.41, 5.74) is 4.90. The monoisotopic (exact) mass is 254 g/mol. The van der Waals surface area contributed by atoms with Crippen molar-refractivity contribution in [2.75, 3.05) is 12.4 Å². The molecule has 0 spiro atoms. The normalized spacial score (nSPS) is 10.1. The Bertz CT molecular complexity index is 605. The fraction of sp³-hybridized carbons (Fsp3) is 0.188. The third-order valence-corrected chi connectivity index (χ3v) is 3.27. The molecule has 2 N–H and O–H groups in total. The molecule has 0 atom stereocenters. The first-order valence-electron chi connectivity index (χ1n) is 6.28. The molecule has 0 radical (unpaired) electrons. The average Bonchev–Trinajstić information content (AvgIpc) is 2.43. The fourth-order valence-electron chi connectivity index (χ4n) is 1.96. The number of nitrogens with one attached hydrogen (secondary N) is 2. The fourth-order valence-corrected chi connectivity index (χ4v) is 1.96. The van der Waals surface area contributed by atoms with Crippen molar-refractivity contribution in [3.63, 3.8) is 0 Å². The summed E-state index contributed by atoms with van der Waals surface area (Å²) < 4.78 is 0. The maximum Gasteiger partial charge on any atom is 0.253 e. The van der Waals surface area contributed by atoms with Crippen LogP contribution >= 0.6 is 0 Å². The number of hydrogen-bond donors (Lipinski definition) is 2. The molecule has 19 heavy (non-hydrogen) atoms. The van der Waals surface area contributed by atoms with E-state index in [1.54, 1.807) is 7.05 Å². The number of rotatable bonds is 3. The molecule has 0 aliphatic heterocycles. The van der Waals surface area contributed by atoms with Crippen molar-refractivity contribution in [3.05, 3.63) is 59.2 Å². The molecule has 0 aliphatic rings. The zero-order valence-corrected chi connectivity index (χ0v) is 11.4. The van der Waals surface area contributed by atoms with Crippen LogP contribution in [0.5, 0.6) is 0 Å². The predicted molar refractivity (Wildman–Crippen MR) is 79.0 cm³/mol. The second-order valence-corrected chi connectivity index (χ2v) is 4.50. The van der Waals surface area contributed by atoms with Crippen LogP contribution in [0.1, 0.15) is 21.5 Å². The molecule has 2 aromatic carbocycles. The Labute approximate surface area is 113 Å². The minimum Gasteiger partial charge on any atom is -0.355 e. The molecular formula is C16H18N2O. The van der Waals surface area contributed by atoms with Gasteiger partial charge in [0.2, 0.25) is 0 Å². The van der Waals surface area contributed by atoms with Crippen LogP contribution in [0.4, 0.5) is 11.4 Å². The first-order valence-corrected chi connectivity index (χ1v) is 6.28. The van der Waals surface area contributed by atoms with E-state index in [1.165, 1.54) is 11.1 Å². The smallest absolute Gasteiger partial charge is 0.253 e. The van der Waals surface area contributed by atoms with E-state index in [9.17, 15) is 4.79 Å². The molecule has 0 aliphatic carbocycles.